The van der Waals surface area contributed by atoms with Crippen molar-refractivity contribution < 1.29 is 18.8 Å². The lowest BCUT2D eigenvalue weighted by Gasteiger charge is -2.07. The molecule has 1 aromatic carbocycles. The number of carbonyl (C=O) groups is 1. The Balaban J connectivity index is 1.33. The highest BCUT2D eigenvalue weighted by Crippen LogP contribution is 2.25. The van der Waals surface area contributed by atoms with Crippen molar-refractivity contribution in [3.8, 4) is 16.4 Å². The van der Waals surface area contributed by atoms with Gasteiger partial charge in [0.1, 0.15) is 18.1 Å². The van der Waals surface area contributed by atoms with Gasteiger partial charge in [-0.05, 0) is 42.5 Å². The minimum Gasteiger partial charge on any atom is -0.494 e. The van der Waals surface area contributed by atoms with E-state index in [1.807, 2.05) is 54.8 Å². The molecule has 0 saturated heterocycles. The Morgan fingerprint density at radius 1 is 1.26 bits per heavy atom. The molecule has 142 valence electrons. The van der Waals surface area contributed by atoms with Gasteiger partial charge in [-0.15, -0.1) is 11.3 Å². The molecule has 7 heteroatoms. The van der Waals surface area contributed by atoms with Gasteiger partial charge in [0.2, 0.25) is 5.91 Å². The lowest BCUT2D eigenvalue weighted by Crippen LogP contribution is -2.29. The summed E-state index contributed by atoms with van der Waals surface area (Å²) in [6.07, 6.45) is 0.756. The van der Waals surface area contributed by atoms with E-state index in [0.29, 0.717) is 24.6 Å². The topological polar surface area (TPSA) is 73.6 Å². The molecule has 0 radical (unpaired) electrons. The van der Waals surface area contributed by atoms with E-state index in [1.165, 1.54) is 0 Å². The zero-order valence-electron chi connectivity index (χ0n) is 15.1. The van der Waals surface area contributed by atoms with Crippen LogP contribution in [0.1, 0.15) is 18.2 Å². The summed E-state index contributed by atoms with van der Waals surface area (Å²) in [6, 6.07) is 13.6. The quantitative estimate of drug-likeness (QED) is 0.575. The number of rotatable bonds is 10. The molecule has 1 amide bonds. The Labute approximate surface area is 162 Å². The maximum Gasteiger partial charge on any atom is 0.246 e. The van der Waals surface area contributed by atoms with Crippen molar-refractivity contribution in [3.63, 3.8) is 0 Å². The highest BCUT2D eigenvalue weighted by molar-refractivity contribution is 7.13. The van der Waals surface area contributed by atoms with Crippen LogP contribution in [0.15, 0.2) is 52.4 Å². The first-order chi connectivity index (χ1) is 13.2. The van der Waals surface area contributed by atoms with Crippen molar-refractivity contribution in [1.29, 1.82) is 0 Å². The fraction of sp³-hybridized carbons (Fsp3) is 0.300. The number of hydrogen-bond acceptors (Lipinski definition) is 6. The number of amides is 1. The second-order valence-electron chi connectivity index (χ2n) is 5.83. The highest BCUT2D eigenvalue weighted by Gasteiger charge is 2.08. The molecule has 27 heavy (non-hydrogen) atoms. The number of hydrogen-bond donors (Lipinski definition) is 1. The van der Waals surface area contributed by atoms with Crippen molar-refractivity contribution in [2.45, 2.75) is 20.0 Å². The average molecular weight is 386 g/mol. The Morgan fingerprint density at radius 3 is 2.85 bits per heavy atom. The first-order valence-electron chi connectivity index (χ1n) is 8.80. The molecule has 3 rings (SSSR count). The van der Waals surface area contributed by atoms with Crippen LogP contribution in [0.2, 0.25) is 0 Å². The number of aromatic nitrogens is 1. The minimum atomic E-state index is -0.150. The summed E-state index contributed by atoms with van der Waals surface area (Å²) in [5, 5.41) is 8.78. The molecule has 0 aliphatic heterocycles. The van der Waals surface area contributed by atoms with Gasteiger partial charge in [-0.2, -0.15) is 0 Å². The Kier molecular flexibility index (Phi) is 7.01. The summed E-state index contributed by atoms with van der Waals surface area (Å²) in [5.74, 6) is 1.42. The molecule has 0 aliphatic rings. The molecule has 2 aromatic heterocycles. The zero-order chi connectivity index (χ0) is 18.9. The van der Waals surface area contributed by atoms with Gasteiger partial charge in [0, 0.05) is 12.6 Å². The maximum atomic E-state index is 11.9. The van der Waals surface area contributed by atoms with Gasteiger partial charge in [-0.3, -0.25) is 4.79 Å². The van der Waals surface area contributed by atoms with Crippen molar-refractivity contribution >= 4 is 17.2 Å². The van der Waals surface area contributed by atoms with E-state index in [4.69, 9.17) is 14.0 Å². The summed E-state index contributed by atoms with van der Waals surface area (Å²) in [6.45, 7) is 3.39. The molecule has 3 aromatic rings. The second-order valence-corrected chi connectivity index (χ2v) is 6.78. The van der Waals surface area contributed by atoms with Crippen LogP contribution in [0.25, 0.3) is 10.6 Å². The number of nitrogens with zero attached hydrogens (tertiary/aromatic N) is 1. The summed E-state index contributed by atoms with van der Waals surface area (Å²) in [4.78, 5) is 12.9. The molecule has 0 bridgehead atoms. The summed E-state index contributed by atoms with van der Waals surface area (Å²) in [7, 11) is 0. The number of thiophene rings is 1. The number of carbonyl (C=O) groups excluding carboxylic acids is 1. The highest BCUT2D eigenvalue weighted by atomic mass is 32.1. The van der Waals surface area contributed by atoms with Gasteiger partial charge in [0.15, 0.2) is 5.76 Å². The minimum absolute atomic E-state index is 0.00945. The van der Waals surface area contributed by atoms with Crippen molar-refractivity contribution in [1.82, 2.24) is 10.5 Å². The van der Waals surface area contributed by atoms with E-state index in [1.54, 1.807) is 11.3 Å². The molecule has 6 nitrogen and oxygen atoms in total. The number of ether oxygens (including phenoxy) is 2. The van der Waals surface area contributed by atoms with Crippen LogP contribution in [0.4, 0.5) is 0 Å². The monoisotopic (exact) mass is 386 g/mol. The fourth-order valence-electron chi connectivity index (χ4n) is 2.48. The number of nitrogens with one attached hydrogen (secondary N) is 1. The Bertz CT molecular complexity index is 828. The predicted octanol–water partition coefficient (Wildman–Crippen LogP) is 3.68. The van der Waals surface area contributed by atoms with Crippen LogP contribution in [0.3, 0.4) is 0 Å². The lowest BCUT2D eigenvalue weighted by molar-refractivity contribution is -0.126. The first-order valence-corrected chi connectivity index (χ1v) is 9.68. The molecule has 0 unspecified atom stereocenters. The summed E-state index contributed by atoms with van der Waals surface area (Å²) < 4.78 is 16.1. The van der Waals surface area contributed by atoms with Gasteiger partial charge in [-0.1, -0.05) is 23.4 Å². The summed E-state index contributed by atoms with van der Waals surface area (Å²) >= 11 is 1.58. The molecule has 0 atom stereocenters. The third kappa shape index (κ3) is 5.94. The van der Waals surface area contributed by atoms with Gasteiger partial charge < -0.3 is 19.3 Å². The largest absolute Gasteiger partial charge is 0.494 e. The third-order valence-electron chi connectivity index (χ3n) is 3.78. The molecule has 0 saturated carbocycles. The predicted molar refractivity (Wildman–Crippen MR) is 104 cm³/mol. The molecule has 0 aliphatic carbocycles. The van der Waals surface area contributed by atoms with E-state index < -0.39 is 0 Å². The van der Waals surface area contributed by atoms with Crippen LogP contribution < -0.4 is 10.1 Å². The van der Waals surface area contributed by atoms with E-state index in [0.717, 1.165) is 22.6 Å². The van der Waals surface area contributed by atoms with Crippen LogP contribution in [0, 0.1) is 0 Å². The van der Waals surface area contributed by atoms with Gasteiger partial charge in [0.25, 0.3) is 0 Å². The Morgan fingerprint density at radius 2 is 2.11 bits per heavy atom. The van der Waals surface area contributed by atoms with Crippen molar-refractivity contribution in [3.05, 3.63) is 59.1 Å². The average Bonchev–Trinajstić information content (AvgIpc) is 3.35. The van der Waals surface area contributed by atoms with Crippen LogP contribution in [-0.4, -0.2) is 30.8 Å². The standard InChI is InChI=1S/C20H22N2O4S/c1-2-25-17-7-5-15(6-8-17)9-10-21-20(23)14-24-13-16-12-18(26-22-16)19-4-3-11-27-19/h3-8,11-12H,2,9-10,13-14H2,1H3,(H,21,23). The fourth-order valence-corrected chi connectivity index (χ4v) is 3.15. The van der Waals surface area contributed by atoms with Crippen molar-refractivity contribution in [2.75, 3.05) is 19.8 Å². The van der Waals surface area contributed by atoms with Gasteiger partial charge in [0.05, 0.1) is 18.1 Å². The molecular weight excluding hydrogens is 364 g/mol. The van der Waals surface area contributed by atoms with E-state index in [2.05, 4.69) is 10.5 Å². The molecule has 0 spiro atoms. The van der Waals surface area contributed by atoms with Crippen LogP contribution in [0.5, 0.6) is 5.75 Å². The van der Waals surface area contributed by atoms with Crippen LogP contribution in [-0.2, 0) is 22.6 Å². The molecule has 0 fully saturated rings. The Hall–Kier alpha value is -2.64. The normalized spacial score (nSPS) is 10.7. The molecule has 1 N–H and O–H groups in total. The second kappa shape index (κ2) is 9.89. The zero-order valence-corrected chi connectivity index (χ0v) is 16.0. The van der Waals surface area contributed by atoms with Crippen LogP contribution >= 0.6 is 11.3 Å². The van der Waals surface area contributed by atoms with Crippen molar-refractivity contribution in [2.24, 2.45) is 0 Å². The van der Waals surface area contributed by atoms with Gasteiger partial charge >= 0.3 is 0 Å². The van der Waals surface area contributed by atoms with Gasteiger partial charge in [-0.25, -0.2) is 0 Å². The summed E-state index contributed by atoms with van der Waals surface area (Å²) in [5.41, 5.74) is 1.81. The SMILES string of the molecule is CCOc1ccc(CCNC(=O)COCc2cc(-c3cccs3)on2)cc1. The van der Waals surface area contributed by atoms with E-state index in [9.17, 15) is 4.79 Å². The third-order valence-corrected chi connectivity index (χ3v) is 4.66. The molecule has 2 heterocycles. The van der Waals surface area contributed by atoms with E-state index >= 15 is 0 Å². The number of benzene rings is 1. The molecular formula is C20H22N2O4S. The smallest absolute Gasteiger partial charge is 0.246 e. The van der Waals surface area contributed by atoms with E-state index in [-0.39, 0.29) is 19.1 Å². The lowest BCUT2D eigenvalue weighted by atomic mass is 10.1. The maximum absolute atomic E-state index is 11.9. The first kappa shape index (κ1) is 19.1.